The van der Waals surface area contributed by atoms with Gasteiger partial charge < -0.3 is 9.84 Å². The van der Waals surface area contributed by atoms with Crippen molar-refractivity contribution >= 4 is 17.6 Å². The van der Waals surface area contributed by atoms with E-state index >= 15 is 0 Å². The van der Waals surface area contributed by atoms with Gasteiger partial charge in [-0.3, -0.25) is 0 Å². The Hall–Kier alpha value is -2.00. The van der Waals surface area contributed by atoms with Crippen molar-refractivity contribution in [2.75, 3.05) is 0 Å². The highest BCUT2D eigenvalue weighted by Gasteiger charge is 2.15. The number of carboxylic acids is 1. The maximum atomic E-state index is 11.1. The zero-order chi connectivity index (χ0) is 13.1. The zero-order valence-electron chi connectivity index (χ0n) is 9.68. The molecule has 2 rings (SSSR count). The molecule has 0 fully saturated rings. The average Bonchev–Trinajstić information content (AvgIpc) is 2.34. The van der Waals surface area contributed by atoms with Crippen molar-refractivity contribution in [3.63, 3.8) is 0 Å². The second kappa shape index (κ2) is 5.10. The number of carboxylic acid groups (broad SMARTS) is 1. The molecule has 2 aromatic rings. The average molecular weight is 263 g/mol. The Labute approximate surface area is 110 Å². The lowest BCUT2D eigenvalue weighted by Gasteiger charge is -2.12. The molecule has 0 saturated heterocycles. The van der Waals surface area contributed by atoms with Crippen molar-refractivity contribution in [2.45, 2.75) is 6.92 Å². The summed E-state index contributed by atoms with van der Waals surface area (Å²) in [7, 11) is 0. The molecule has 0 heterocycles. The Balaban J connectivity index is 2.46. The number of halogens is 1. The first-order chi connectivity index (χ1) is 8.59. The van der Waals surface area contributed by atoms with Gasteiger partial charge in [0.1, 0.15) is 17.1 Å². The molecule has 1 N–H and O–H groups in total. The molecule has 0 saturated carbocycles. The maximum Gasteiger partial charge on any atom is 0.339 e. The molecule has 0 radical (unpaired) electrons. The van der Waals surface area contributed by atoms with Gasteiger partial charge in [0, 0.05) is 0 Å². The van der Waals surface area contributed by atoms with Crippen molar-refractivity contribution in [3.8, 4) is 11.5 Å². The molecule has 0 bridgehead atoms. The first-order valence-corrected chi connectivity index (χ1v) is 5.72. The predicted octanol–water partition coefficient (Wildman–Crippen LogP) is 4.14. The van der Waals surface area contributed by atoms with E-state index in [-0.39, 0.29) is 5.56 Å². The van der Waals surface area contributed by atoms with Crippen molar-refractivity contribution in [1.29, 1.82) is 0 Å². The zero-order valence-corrected chi connectivity index (χ0v) is 10.4. The first-order valence-electron chi connectivity index (χ1n) is 5.35. The number of aryl methyl sites for hydroxylation is 1. The number of rotatable bonds is 3. The minimum atomic E-state index is -1.03. The summed E-state index contributed by atoms with van der Waals surface area (Å²) in [5.74, 6) is -0.269. The van der Waals surface area contributed by atoms with Gasteiger partial charge >= 0.3 is 5.97 Å². The van der Waals surface area contributed by atoms with Crippen LogP contribution in [0.25, 0.3) is 0 Å². The summed E-state index contributed by atoms with van der Waals surface area (Å²) in [5, 5.41) is 9.57. The van der Waals surface area contributed by atoms with Gasteiger partial charge in [0.15, 0.2) is 0 Å². The van der Waals surface area contributed by atoms with Gasteiger partial charge in [-0.2, -0.15) is 0 Å². The number of benzene rings is 2. The summed E-state index contributed by atoms with van der Waals surface area (Å²) in [6.07, 6.45) is 0. The van der Waals surface area contributed by atoms with E-state index in [9.17, 15) is 4.79 Å². The standard InChI is InChI=1S/C14H11ClO3/c1-9-5-4-6-10(14(16)17)13(9)18-12-8-3-2-7-11(12)15/h2-8H,1H3,(H,16,17). The molecule has 92 valence electrons. The highest BCUT2D eigenvalue weighted by molar-refractivity contribution is 6.32. The van der Waals surface area contributed by atoms with E-state index in [0.29, 0.717) is 16.5 Å². The fourth-order valence-electron chi connectivity index (χ4n) is 1.59. The lowest BCUT2D eigenvalue weighted by Crippen LogP contribution is -2.01. The minimum Gasteiger partial charge on any atom is -0.478 e. The molecule has 0 aliphatic heterocycles. The van der Waals surface area contributed by atoms with Crippen LogP contribution in [0.5, 0.6) is 11.5 Å². The Morgan fingerprint density at radius 1 is 1.17 bits per heavy atom. The summed E-state index contributed by atoms with van der Waals surface area (Å²) in [6.45, 7) is 1.79. The number of para-hydroxylation sites is 2. The van der Waals surface area contributed by atoms with Crippen LogP contribution in [0.15, 0.2) is 42.5 Å². The molecule has 0 atom stereocenters. The minimum absolute atomic E-state index is 0.120. The lowest BCUT2D eigenvalue weighted by atomic mass is 10.1. The van der Waals surface area contributed by atoms with Crippen LogP contribution >= 0.6 is 11.6 Å². The lowest BCUT2D eigenvalue weighted by molar-refractivity contribution is 0.0694. The molecule has 0 amide bonds. The van der Waals surface area contributed by atoms with Gasteiger partial charge in [-0.1, -0.05) is 35.9 Å². The van der Waals surface area contributed by atoms with E-state index < -0.39 is 5.97 Å². The summed E-state index contributed by atoms with van der Waals surface area (Å²) in [4.78, 5) is 11.1. The second-order valence-corrected chi connectivity index (χ2v) is 4.20. The van der Waals surface area contributed by atoms with Gasteiger partial charge in [0.2, 0.25) is 0 Å². The summed E-state index contributed by atoms with van der Waals surface area (Å²) in [5.41, 5.74) is 0.865. The SMILES string of the molecule is Cc1cccc(C(=O)O)c1Oc1ccccc1Cl. The quantitative estimate of drug-likeness (QED) is 0.904. The number of ether oxygens (including phenoxy) is 1. The van der Waals surface area contributed by atoms with E-state index in [1.807, 2.05) is 0 Å². The molecule has 2 aromatic carbocycles. The van der Waals surface area contributed by atoms with E-state index in [1.54, 1.807) is 43.3 Å². The Bertz CT molecular complexity index is 593. The van der Waals surface area contributed by atoms with Gasteiger partial charge in [0.05, 0.1) is 5.02 Å². The molecule has 0 unspecified atom stereocenters. The molecule has 3 nitrogen and oxygen atoms in total. The van der Waals surface area contributed by atoms with E-state index in [2.05, 4.69) is 0 Å². The van der Waals surface area contributed by atoms with Gasteiger partial charge in [-0.05, 0) is 30.7 Å². The van der Waals surface area contributed by atoms with Crippen molar-refractivity contribution < 1.29 is 14.6 Å². The monoisotopic (exact) mass is 262 g/mol. The van der Waals surface area contributed by atoms with Crippen molar-refractivity contribution in [2.24, 2.45) is 0 Å². The maximum absolute atomic E-state index is 11.1. The van der Waals surface area contributed by atoms with Crippen LogP contribution in [0.4, 0.5) is 0 Å². The van der Waals surface area contributed by atoms with Crippen LogP contribution in [0.1, 0.15) is 15.9 Å². The largest absolute Gasteiger partial charge is 0.478 e. The van der Waals surface area contributed by atoms with Crippen LogP contribution in [0.2, 0.25) is 5.02 Å². The van der Waals surface area contributed by atoms with Crippen LogP contribution in [-0.2, 0) is 0 Å². The molecule has 0 spiro atoms. The van der Waals surface area contributed by atoms with Crippen LogP contribution < -0.4 is 4.74 Å². The molecule has 0 aliphatic rings. The Morgan fingerprint density at radius 2 is 1.89 bits per heavy atom. The Kier molecular flexibility index (Phi) is 3.53. The number of hydrogen-bond donors (Lipinski definition) is 1. The summed E-state index contributed by atoms with van der Waals surface area (Å²) >= 11 is 5.99. The molecular formula is C14H11ClO3. The predicted molar refractivity (Wildman–Crippen MR) is 69.7 cm³/mol. The molecule has 0 aromatic heterocycles. The normalized spacial score (nSPS) is 10.1. The van der Waals surface area contributed by atoms with Gasteiger partial charge in [0.25, 0.3) is 0 Å². The third kappa shape index (κ3) is 2.46. The third-order valence-electron chi connectivity index (χ3n) is 2.49. The summed E-state index contributed by atoms with van der Waals surface area (Å²) in [6, 6.07) is 11.9. The smallest absolute Gasteiger partial charge is 0.339 e. The number of hydrogen-bond acceptors (Lipinski definition) is 2. The van der Waals surface area contributed by atoms with Crippen LogP contribution in [0, 0.1) is 6.92 Å². The fraction of sp³-hybridized carbons (Fsp3) is 0.0714. The van der Waals surface area contributed by atoms with Gasteiger partial charge in [-0.15, -0.1) is 0 Å². The molecular weight excluding hydrogens is 252 g/mol. The van der Waals surface area contributed by atoms with E-state index in [0.717, 1.165) is 5.56 Å². The number of carbonyl (C=O) groups is 1. The molecule has 18 heavy (non-hydrogen) atoms. The van der Waals surface area contributed by atoms with Crippen molar-refractivity contribution in [1.82, 2.24) is 0 Å². The fourth-order valence-corrected chi connectivity index (χ4v) is 1.77. The summed E-state index contributed by atoms with van der Waals surface area (Å²) < 4.78 is 5.62. The topological polar surface area (TPSA) is 46.5 Å². The van der Waals surface area contributed by atoms with Crippen LogP contribution in [-0.4, -0.2) is 11.1 Å². The number of aromatic carboxylic acids is 1. The van der Waals surface area contributed by atoms with Crippen LogP contribution in [0.3, 0.4) is 0 Å². The highest BCUT2D eigenvalue weighted by atomic mass is 35.5. The third-order valence-corrected chi connectivity index (χ3v) is 2.80. The first kappa shape index (κ1) is 12.5. The highest BCUT2D eigenvalue weighted by Crippen LogP contribution is 2.33. The van der Waals surface area contributed by atoms with Crippen molar-refractivity contribution in [3.05, 3.63) is 58.6 Å². The Morgan fingerprint density at radius 3 is 2.56 bits per heavy atom. The van der Waals surface area contributed by atoms with E-state index in [1.165, 1.54) is 6.07 Å². The molecule has 4 heteroatoms. The van der Waals surface area contributed by atoms with E-state index in [4.69, 9.17) is 21.4 Å². The molecule has 0 aliphatic carbocycles. The van der Waals surface area contributed by atoms with Gasteiger partial charge in [-0.25, -0.2) is 4.79 Å². The second-order valence-electron chi connectivity index (χ2n) is 3.79.